The summed E-state index contributed by atoms with van der Waals surface area (Å²) in [7, 11) is 0. The van der Waals surface area contributed by atoms with Crippen molar-refractivity contribution in [1.82, 2.24) is 25.2 Å². The van der Waals surface area contributed by atoms with Gasteiger partial charge in [0.25, 0.3) is 0 Å². The number of aromatic nitrogens is 3. The summed E-state index contributed by atoms with van der Waals surface area (Å²) in [6.45, 7) is 2.14. The Morgan fingerprint density at radius 1 is 1.07 bits per heavy atom. The number of halogens is 4. The molecule has 2 aromatic carbocycles. The minimum Gasteiger partial charge on any atom is -0.508 e. The number of pyridine rings is 1. The van der Waals surface area contributed by atoms with Crippen molar-refractivity contribution >= 4 is 27.5 Å². The molecule has 0 saturated carbocycles. The molecule has 9 nitrogen and oxygen atoms in total. The Hall–Kier alpha value is -3.97. The van der Waals surface area contributed by atoms with E-state index in [1.54, 1.807) is 0 Å². The highest BCUT2D eigenvalue weighted by Crippen LogP contribution is 2.45. The van der Waals surface area contributed by atoms with Gasteiger partial charge in [-0.15, -0.1) is 0 Å². The number of rotatable bonds is 4. The van der Waals surface area contributed by atoms with Crippen LogP contribution in [0.1, 0.15) is 32.1 Å². The van der Waals surface area contributed by atoms with E-state index >= 15 is 8.78 Å². The molecule has 234 valence electrons. The van der Waals surface area contributed by atoms with Gasteiger partial charge in [-0.05, 0) is 55.8 Å². The number of ether oxygens (including phenoxy) is 2. The summed E-state index contributed by atoms with van der Waals surface area (Å²) in [5.74, 6) is -3.01. The van der Waals surface area contributed by atoms with Crippen molar-refractivity contribution in [1.29, 1.82) is 0 Å². The zero-order valence-electron chi connectivity index (χ0n) is 24.2. The fourth-order valence-electron chi connectivity index (χ4n) is 8.38. The first-order valence-electron chi connectivity index (χ1n) is 15.5. The molecule has 13 heteroatoms. The summed E-state index contributed by atoms with van der Waals surface area (Å²) in [5.41, 5.74) is -1.12. The second kappa shape index (κ2) is 9.76. The number of phenolic OH excluding ortho intramolecular Hbond substituents is 1. The fraction of sp³-hybridized carbons (Fsp3) is 0.469. The van der Waals surface area contributed by atoms with Gasteiger partial charge in [-0.2, -0.15) is 9.97 Å². The van der Waals surface area contributed by atoms with E-state index in [0.29, 0.717) is 25.3 Å². The number of benzene rings is 2. The van der Waals surface area contributed by atoms with Crippen LogP contribution in [0.3, 0.4) is 0 Å². The van der Waals surface area contributed by atoms with E-state index in [1.165, 1.54) is 12.1 Å². The predicted octanol–water partition coefficient (Wildman–Crippen LogP) is 4.62. The Bertz CT molecular complexity index is 1900. The average Bonchev–Trinajstić information content (AvgIpc) is 3.65. The molecule has 4 fully saturated rings. The van der Waals surface area contributed by atoms with Gasteiger partial charge in [0, 0.05) is 42.5 Å². The second-order valence-corrected chi connectivity index (χ2v) is 13.0. The quantitative estimate of drug-likeness (QED) is 0.316. The molecule has 2 aromatic heterocycles. The van der Waals surface area contributed by atoms with Gasteiger partial charge in [-0.1, -0.05) is 6.07 Å². The standard InChI is InChI=1S/C32H30F4N6O3/c33-16-10-32(6-1-7-41(32)11-16)14-45-31-39-28-24-29(40-31)42-12-17-3-5-21(37-17)22(42)13-44-30(24)38-27(26(28)36)19-9-18(43)8-15-2-4-20(34)25(35)23(15)19/h2,4,8-9,16-17,21-22,37,43H,1,3,5-7,10-14H2/t16-,17+,21-,22+,32+/m1/s1. The molecule has 0 spiro atoms. The first-order chi connectivity index (χ1) is 21.8. The van der Waals surface area contributed by atoms with Crippen LogP contribution < -0.4 is 19.7 Å². The zero-order valence-corrected chi connectivity index (χ0v) is 24.2. The van der Waals surface area contributed by atoms with Crippen LogP contribution in [-0.4, -0.2) is 87.6 Å². The number of hydrogen-bond donors (Lipinski definition) is 2. The second-order valence-electron chi connectivity index (χ2n) is 13.0. The first kappa shape index (κ1) is 27.3. The smallest absolute Gasteiger partial charge is 0.319 e. The number of nitrogens with one attached hydrogen (secondary N) is 1. The third-order valence-electron chi connectivity index (χ3n) is 10.4. The molecular formula is C32H30F4N6O3. The van der Waals surface area contributed by atoms with Gasteiger partial charge in [0.05, 0.1) is 11.6 Å². The summed E-state index contributed by atoms with van der Waals surface area (Å²) >= 11 is 0. The lowest BCUT2D eigenvalue weighted by atomic mass is 9.95. The number of alkyl halides is 1. The van der Waals surface area contributed by atoms with Crippen LogP contribution in [0.25, 0.3) is 32.9 Å². The molecule has 9 rings (SSSR count). The fourth-order valence-corrected chi connectivity index (χ4v) is 8.38. The van der Waals surface area contributed by atoms with Crippen LogP contribution in [0.5, 0.6) is 17.6 Å². The van der Waals surface area contributed by atoms with Crippen molar-refractivity contribution < 1.29 is 32.1 Å². The van der Waals surface area contributed by atoms with Crippen LogP contribution in [-0.2, 0) is 0 Å². The zero-order chi connectivity index (χ0) is 30.6. The minimum atomic E-state index is -1.19. The maximum atomic E-state index is 16.8. The number of anilines is 1. The van der Waals surface area contributed by atoms with Crippen molar-refractivity contribution in [2.24, 2.45) is 0 Å². The summed E-state index contributed by atoms with van der Waals surface area (Å²) < 4.78 is 73.5. The third-order valence-corrected chi connectivity index (χ3v) is 10.4. The first-order valence-corrected chi connectivity index (χ1v) is 15.5. The minimum absolute atomic E-state index is 0.0538. The van der Waals surface area contributed by atoms with Crippen molar-refractivity contribution in [2.75, 3.05) is 37.7 Å². The number of hydrogen-bond acceptors (Lipinski definition) is 9. The van der Waals surface area contributed by atoms with Crippen LogP contribution in [0.15, 0.2) is 24.3 Å². The van der Waals surface area contributed by atoms with Crippen LogP contribution in [0.4, 0.5) is 23.4 Å². The van der Waals surface area contributed by atoms with E-state index in [0.717, 1.165) is 44.4 Å². The summed E-state index contributed by atoms with van der Waals surface area (Å²) in [4.78, 5) is 18.1. The normalized spacial score (nSPS) is 28.8. The Labute approximate surface area is 255 Å². The molecule has 45 heavy (non-hydrogen) atoms. The SMILES string of the molecule is Oc1cc(-c2nc3c4c(nc(OC[C@@]56CCCN5C[C@H](F)C6)nc4c2F)N2C[C@@H]4CC[C@@H](N4)[C@@H]2CO3)c2c(F)c(F)ccc2c1. The highest BCUT2D eigenvalue weighted by Gasteiger charge is 2.50. The van der Waals surface area contributed by atoms with E-state index in [-0.39, 0.29) is 81.9 Å². The highest BCUT2D eigenvalue weighted by molar-refractivity contribution is 6.02. The molecule has 0 unspecified atom stereocenters. The van der Waals surface area contributed by atoms with Crippen LogP contribution >= 0.6 is 0 Å². The Kier molecular flexibility index (Phi) is 5.93. The predicted molar refractivity (Wildman–Crippen MR) is 157 cm³/mol. The molecule has 0 amide bonds. The molecular weight excluding hydrogens is 592 g/mol. The Balaban J connectivity index is 1.24. The lowest BCUT2D eigenvalue weighted by molar-refractivity contribution is 0.107. The topological polar surface area (TPSA) is 95.9 Å². The number of phenols is 1. The van der Waals surface area contributed by atoms with Gasteiger partial charge < -0.3 is 24.8 Å². The van der Waals surface area contributed by atoms with E-state index in [2.05, 4.69) is 25.1 Å². The molecule has 0 radical (unpaired) electrons. The monoisotopic (exact) mass is 622 g/mol. The van der Waals surface area contributed by atoms with Crippen molar-refractivity contribution in [2.45, 2.75) is 61.9 Å². The molecule has 5 aliphatic heterocycles. The van der Waals surface area contributed by atoms with Gasteiger partial charge in [-0.3, -0.25) is 4.90 Å². The van der Waals surface area contributed by atoms with E-state index in [1.807, 2.05) is 0 Å². The number of piperazine rings is 1. The molecule has 4 aromatic rings. The summed E-state index contributed by atoms with van der Waals surface area (Å²) in [5, 5.41) is 14.3. The molecule has 0 aliphatic carbocycles. The van der Waals surface area contributed by atoms with Gasteiger partial charge in [0.2, 0.25) is 5.88 Å². The molecule has 2 bridgehead atoms. The maximum absolute atomic E-state index is 16.8. The van der Waals surface area contributed by atoms with E-state index in [4.69, 9.17) is 14.5 Å². The van der Waals surface area contributed by atoms with Gasteiger partial charge in [-0.25, -0.2) is 22.5 Å². The number of fused-ring (bicyclic) bond motifs is 7. The number of nitrogens with zero attached hydrogens (tertiary/aromatic N) is 5. The lowest BCUT2D eigenvalue weighted by Crippen LogP contribution is -2.60. The van der Waals surface area contributed by atoms with Crippen molar-refractivity contribution in [3.8, 4) is 28.9 Å². The van der Waals surface area contributed by atoms with Crippen LogP contribution in [0, 0.1) is 17.5 Å². The van der Waals surface area contributed by atoms with Gasteiger partial charge in [0.15, 0.2) is 17.5 Å². The maximum Gasteiger partial charge on any atom is 0.319 e. The van der Waals surface area contributed by atoms with Crippen molar-refractivity contribution in [3.63, 3.8) is 0 Å². The number of aromatic hydroxyl groups is 1. The highest BCUT2D eigenvalue weighted by atomic mass is 19.2. The van der Waals surface area contributed by atoms with Gasteiger partial charge >= 0.3 is 6.01 Å². The average molecular weight is 623 g/mol. The Morgan fingerprint density at radius 2 is 1.96 bits per heavy atom. The molecule has 5 aliphatic rings. The largest absolute Gasteiger partial charge is 0.508 e. The van der Waals surface area contributed by atoms with Gasteiger partial charge in [0.1, 0.15) is 47.5 Å². The molecule has 5 atom stereocenters. The van der Waals surface area contributed by atoms with E-state index in [9.17, 15) is 13.9 Å². The lowest BCUT2D eigenvalue weighted by Gasteiger charge is -2.40. The third kappa shape index (κ3) is 4.09. The molecule has 4 saturated heterocycles. The Morgan fingerprint density at radius 3 is 2.84 bits per heavy atom. The summed E-state index contributed by atoms with van der Waals surface area (Å²) in [6, 6.07) is 4.83. The van der Waals surface area contributed by atoms with E-state index < -0.39 is 29.2 Å². The summed E-state index contributed by atoms with van der Waals surface area (Å²) in [6.07, 6.45) is 3.06. The molecule has 7 heterocycles. The van der Waals surface area contributed by atoms with Crippen LogP contribution in [0.2, 0.25) is 0 Å². The molecule has 2 N–H and O–H groups in total. The van der Waals surface area contributed by atoms with Crippen molar-refractivity contribution in [3.05, 3.63) is 41.7 Å².